The third-order valence-electron chi connectivity index (χ3n) is 0.831. The first-order valence-corrected chi connectivity index (χ1v) is 2.85. The summed E-state index contributed by atoms with van der Waals surface area (Å²) in [4.78, 5) is 13.0. The van der Waals surface area contributed by atoms with Crippen molar-refractivity contribution < 1.29 is 29.9 Å². The number of ether oxygens (including phenoxy) is 1. The Kier molecular flexibility index (Phi) is 3.98. The maximum atomic E-state index is 9.78. The molecule has 0 spiro atoms. The van der Waals surface area contributed by atoms with E-state index in [1.54, 1.807) is 0 Å². The lowest BCUT2D eigenvalue weighted by Gasteiger charge is -2.26. The van der Waals surface area contributed by atoms with Crippen LogP contribution in [0.1, 0.15) is 13.3 Å². The van der Waals surface area contributed by atoms with Gasteiger partial charge in [0.15, 0.2) is 0 Å². The van der Waals surface area contributed by atoms with E-state index in [9.17, 15) is 15.2 Å². The van der Waals surface area contributed by atoms with E-state index in [4.69, 9.17) is 5.11 Å². The van der Waals surface area contributed by atoms with Gasteiger partial charge >= 0.3 is 0 Å². The molecule has 0 fully saturated rings. The molecule has 0 bridgehead atoms. The van der Waals surface area contributed by atoms with Gasteiger partial charge in [0, 0.05) is 19.3 Å². The minimum atomic E-state index is -2.27. The summed E-state index contributed by atoms with van der Waals surface area (Å²) < 4.78 is 4.29. The van der Waals surface area contributed by atoms with Gasteiger partial charge in [-0.15, -0.1) is 0 Å². The normalized spacial score (nSPS) is 15.9. The summed E-state index contributed by atoms with van der Waals surface area (Å²) in [5.41, 5.74) is 0. The fourth-order valence-corrected chi connectivity index (χ4v) is 0.348. The number of carbonyl (C=O) groups is 1. The van der Waals surface area contributed by atoms with Crippen LogP contribution in [0.15, 0.2) is 0 Å². The second kappa shape index (κ2) is 4.24. The fourth-order valence-electron chi connectivity index (χ4n) is 0.348. The quantitative estimate of drug-likeness (QED) is 0.265. The van der Waals surface area contributed by atoms with Crippen molar-refractivity contribution in [3.05, 3.63) is 0 Å². The zero-order valence-corrected chi connectivity index (χ0v) is 5.90. The molecule has 6 nitrogen and oxygen atoms in total. The predicted molar refractivity (Wildman–Crippen MR) is 27.3 cm³/mol. The highest BCUT2D eigenvalue weighted by Crippen LogP contribution is 2.03. The van der Waals surface area contributed by atoms with Crippen LogP contribution in [0, 0.1) is 0 Å². The van der Waals surface area contributed by atoms with Gasteiger partial charge in [0.25, 0.3) is 5.97 Å². The number of aliphatic carboxylic acids is 1. The number of carboxylic acids is 1. The van der Waals surface area contributed by atoms with Crippen molar-refractivity contribution in [1.29, 1.82) is 0 Å². The summed E-state index contributed by atoms with van der Waals surface area (Å²) in [7, 11) is 0. The highest BCUT2D eigenvalue weighted by atomic mass is 17.2. The Balaban J connectivity index is 3.45. The van der Waals surface area contributed by atoms with E-state index >= 15 is 0 Å². The Labute approximate surface area is 62.9 Å². The summed E-state index contributed by atoms with van der Waals surface area (Å²) in [6.45, 7) is 0.618. The van der Waals surface area contributed by atoms with Gasteiger partial charge in [-0.3, -0.25) is 0 Å². The van der Waals surface area contributed by atoms with Crippen LogP contribution in [0.5, 0.6) is 0 Å². The molecule has 0 aliphatic rings. The molecular formula is C5H8O6-2. The minimum Gasteiger partial charge on any atom is -0.719 e. The topological polar surface area (TPSA) is 102 Å². The van der Waals surface area contributed by atoms with Crippen molar-refractivity contribution in [3.63, 3.8) is 0 Å². The van der Waals surface area contributed by atoms with Crippen LogP contribution in [-0.4, -0.2) is 23.7 Å². The van der Waals surface area contributed by atoms with E-state index in [1.165, 1.54) is 0 Å². The Hall–Kier alpha value is -0.690. The molecule has 0 saturated heterocycles. The molecule has 0 aliphatic heterocycles. The second-order valence-electron chi connectivity index (χ2n) is 1.95. The number of hydrogen-bond acceptors (Lipinski definition) is 6. The Bertz CT molecular complexity index is 131. The molecule has 0 heterocycles. The summed E-state index contributed by atoms with van der Waals surface area (Å²) in [6.07, 6.45) is -0.403. The molecule has 1 N–H and O–H groups in total. The lowest BCUT2D eigenvalue weighted by Crippen LogP contribution is -2.38. The molecule has 1 unspecified atom stereocenters. The molecule has 0 amide bonds. The average Bonchev–Trinajstić information content (AvgIpc) is 1.87. The Morgan fingerprint density at radius 3 is 2.64 bits per heavy atom. The van der Waals surface area contributed by atoms with Crippen molar-refractivity contribution in [2.75, 3.05) is 6.61 Å². The zero-order chi connectivity index (χ0) is 8.91. The highest BCUT2D eigenvalue weighted by molar-refractivity contribution is 5.64. The van der Waals surface area contributed by atoms with E-state index in [0.717, 1.165) is 6.92 Å². The van der Waals surface area contributed by atoms with E-state index in [0.29, 0.717) is 0 Å². The van der Waals surface area contributed by atoms with Gasteiger partial charge in [0.05, 0.1) is 6.61 Å². The molecule has 11 heavy (non-hydrogen) atoms. The Morgan fingerprint density at radius 1 is 1.73 bits per heavy atom. The highest BCUT2D eigenvalue weighted by Gasteiger charge is 2.16. The van der Waals surface area contributed by atoms with Crippen LogP contribution < -0.4 is 10.4 Å². The van der Waals surface area contributed by atoms with Crippen molar-refractivity contribution in [2.24, 2.45) is 0 Å². The first kappa shape index (κ1) is 10.3. The third-order valence-corrected chi connectivity index (χ3v) is 0.831. The van der Waals surface area contributed by atoms with Gasteiger partial charge in [-0.25, -0.2) is 0 Å². The first-order chi connectivity index (χ1) is 4.98. The van der Waals surface area contributed by atoms with E-state index in [-0.39, 0.29) is 6.61 Å². The molecule has 0 rings (SSSR count). The molecule has 6 heteroatoms. The molecule has 0 aromatic rings. The number of hydrogen-bond donors (Lipinski definition) is 1. The van der Waals surface area contributed by atoms with Gasteiger partial charge in [0.1, 0.15) is 0 Å². The van der Waals surface area contributed by atoms with Crippen LogP contribution >= 0.6 is 0 Å². The van der Waals surface area contributed by atoms with Crippen LogP contribution in [0.2, 0.25) is 0 Å². The third kappa shape index (κ3) is 5.74. The number of carboxylic acid groups (broad SMARTS) is 1. The molecule has 0 aliphatic carbocycles. The molecule has 0 aromatic carbocycles. The van der Waals surface area contributed by atoms with Crippen LogP contribution in [0.25, 0.3) is 0 Å². The summed E-state index contributed by atoms with van der Waals surface area (Å²) in [5, 5.41) is 28.0. The van der Waals surface area contributed by atoms with E-state index in [1.807, 2.05) is 0 Å². The lowest BCUT2D eigenvalue weighted by molar-refractivity contribution is -0.759. The van der Waals surface area contributed by atoms with E-state index < -0.39 is 18.4 Å². The molecule has 0 saturated carbocycles. The van der Waals surface area contributed by atoms with Crippen molar-refractivity contribution in [3.8, 4) is 0 Å². The van der Waals surface area contributed by atoms with Gasteiger partial charge in [0.2, 0.25) is 0 Å². The van der Waals surface area contributed by atoms with Crippen molar-refractivity contribution in [2.45, 2.75) is 19.3 Å². The van der Waals surface area contributed by atoms with Crippen LogP contribution in [0.4, 0.5) is 0 Å². The molecule has 66 valence electrons. The number of carbonyl (C=O) groups excluding carboxylic acids is 1. The maximum Gasteiger partial charge on any atom is 0.268 e. The monoisotopic (exact) mass is 164 g/mol. The molecular weight excluding hydrogens is 156 g/mol. The molecule has 1 atom stereocenters. The van der Waals surface area contributed by atoms with Gasteiger partial charge in [-0.2, -0.15) is 0 Å². The van der Waals surface area contributed by atoms with E-state index in [2.05, 4.69) is 9.62 Å². The van der Waals surface area contributed by atoms with Gasteiger partial charge < -0.3 is 29.9 Å². The first-order valence-electron chi connectivity index (χ1n) is 2.85. The van der Waals surface area contributed by atoms with Crippen LogP contribution in [0.3, 0.4) is 0 Å². The standard InChI is InChI=1S/C5H10O6/c1-5(8,11-9)10-3-2-4(6)7/h8-9H,2-3H2,1H3,(H,6,7)/p-2. The average molecular weight is 164 g/mol. The summed E-state index contributed by atoms with van der Waals surface area (Å²) in [5.74, 6) is -3.60. The number of aliphatic hydroxyl groups is 1. The van der Waals surface area contributed by atoms with Gasteiger partial charge in [-0.05, 0) is 0 Å². The van der Waals surface area contributed by atoms with Crippen molar-refractivity contribution >= 4 is 5.97 Å². The largest absolute Gasteiger partial charge is 0.719 e. The minimum absolute atomic E-state index is 0.336. The van der Waals surface area contributed by atoms with Gasteiger partial charge in [-0.1, -0.05) is 0 Å². The second-order valence-corrected chi connectivity index (χ2v) is 1.95. The summed E-state index contributed by atoms with van der Waals surface area (Å²) in [6, 6.07) is 0. The SMILES string of the molecule is CC(O)(O[O-])OCCC(=O)[O-]. The Morgan fingerprint density at radius 2 is 2.27 bits per heavy atom. The lowest BCUT2D eigenvalue weighted by atomic mass is 10.5. The van der Waals surface area contributed by atoms with Crippen molar-refractivity contribution in [1.82, 2.24) is 0 Å². The molecule has 0 radical (unpaired) electrons. The van der Waals surface area contributed by atoms with Crippen LogP contribution in [-0.2, 0) is 14.4 Å². The predicted octanol–water partition coefficient (Wildman–Crippen LogP) is -2.90. The smallest absolute Gasteiger partial charge is 0.268 e. The summed E-state index contributed by atoms with van der Waals surface area (Å²) >= 11 is 0. The maximum absolute atomic E-state index is 9.78. The number of rotatable bonds is 5. The zero-order valence-electron chi connectivity index (χ0n) is 5.90. The fraction of sp³-hybridized carbons (Fsp3) is 0.800. The molecule has 0 aromatic heterocycles.